The molecule has 1 atom stereocenters. The molecule has 0 spiro atoms. The molecule has 1 heterocycles. The van der Waals surface area contributed by atoms with Crippen LogP contribution in [0.2, 0.25) is 5.02 Å². The fraction of sp³-hybridized carbons (Fsp3) is 0.471. The summed E-state index contributed by atoms with van der Waals surface area (Å²) in [6.45, 7) is 4.18. The highest BCUT2D eigenvalue weighted by atomic mass is 35.5. The predicted octanol–water partition coefficient (Wildman–Crippen LogP) is 3.47. The molecule has 2 aromatic rings. The minimum atomic E-state index is 0.583. The summed E-state index contributed by atoms with van der Waals surface area (Å²) < 4.78 is 1.96. The molecule has 4 heteroatoms. The largest absolute Gasteiger partial charge is 0.317 e. The minimum absolute atomic E-state index is 0.583. The van der Waals surface area contributed by atoms with Gasteiger partial charge in [-0.1, -0.05) is 36.7 Å². The Bertz CT molecular complexity index is 550. The van der Waals surface area contributed by atoms with Gasteiger partial charge in [-0.05, 0) is 56.0 Å². The summed E-state index contributed by atoms with van der Waals surface area (Å²) in [5.41, 5.74) is 2.53. The van der Waals surface area contributed by atoms with Crippen molar-refractivity contribution in [3.05, 3.63) is 52.8 Å². The highest BCUT2D eigenvalue weighted by Gasteiger charge is 2.12. The van der Waals surface area contributed by atoms with Crippen molar-refractivity contribution in [3.8, 4) is 0 Å². The van der Waals surface area contributed by atoms with Gasteiger partial charge < -0.3 is 5.32 Å². The van der Waals surface area contributed by atoms with Gasteiger partial charge in [-0.3, -0.25) is 4.68 Å². The number of nitrogens with one attached hydrogen (secondary N) is 1. The summed E-state index contributed by atoms with van der Waals surface area (Å²) in [5.74, 6) is 0.583. The first-order valence-corrected chi connectivity index (χ1v) is 7.99. The molecule has 2 rings (SSSR count). The minimum Gasteiger partial charge on any atom is -0.317 e. The van der Waals surface area contributed by atoms with E-state index in [1.807, 2.05) is 30.1 Å². The Labute approximate surface area is 132 Å². The summed E-state index contributed by atoms with van der Waals surface area (Å²) in [6, 6.07) is 10.3. The molecule has 0 aliphatic heterocycles. The predicted molar refractivity (Wildman–Crippen MR) is 88.7 cm³/mol. The SMILES string of the molecule is CCNCC(CCc1ccnn1C)Cc1ccccc1Cl. The average molecular weight is 306 g/mol. The lowest BCUT2D eigenvalue weighted by atomic mass is 9.94. The van der Waals surface area contributed by atoms with Crippen molar-refractivity contribution in [3.63, 3.8) is 0 Å². The zero-order valence-electron chi connectivity index (χ0n) is 12.8. The molecule has 21 heavy (non-hydrogen) atoms. The summed E-state index contributed by atoms with van der Waals surface area (Å²) in [7, 11) is 2.00. The molecule has 0 saturated carbocycles. The maximum absolute atomic E-state index is 6.29. The van der Waals surface area contributed by atoms with Gasteiger partial charge in [0.2, 0.25) is 0 Å². The van der Waals surface area contributed by atoms with Crippen LogP contribution in [-0.4, -0.2) is 22.9 Å². The Hall–Kier alpha value is -1.32. The second-order valence-corrected chi connectivity index (χ2v) is 5.86. The summed E-state index contributed by atoms with van der Waals surface area (Å²) in [4.78, 5) is 0. The second-order valence-electron chi connectivity index (χ2n) is 5.45. The highest BCUT2D eigenvalue weighted by molar-refractivity contribution is 6.31. The van der Waals surface area contributed by atoms with Crippen LogP contribution >= 0.6 is 11.6 Å². The summed E-state index contributed by atoms with van der Waals surface area (Å²) in [6.07, 6.45) is 5.07. The van der Waals surface area contributed by atoms with E-state index >= 15 is 0 Å². The van der Waals surface area contributed by atoms with Crippen LogP contribution in [0.1, 0.15) is 24.6 Å². The molecule has 1 aromatic carbocycles. The normalized spacial score (nSPS) is 12.5. The standard InChI is InChI=1S/C17H24ClN3/c1-3-19-13-14(8-9-16-10-11-20-21(16)2)12-15-6-4-5-7-17(15)18/h4-7,10-11,14,19H,3,8-9,12-13H2,1-2H3. The van der Waals surface area contributed by atoms with Crippen LogP contribution in [-0.2, 0) is 19.9 Å². The molecule has 0 amide bonds. The summed E-state index contributed by atoms with van der Waals surface area (Å²) >= 11 is 6.29. The number of halogens is 1. The van der Waals surface area contributed by atoms with Crippen molar-refractivity contribution < 1.29 is 0 Å². The maximum atomic E-state index is 6.29. The van der Waals surface area contributed by atoms with Crippen molar-refractivity contribution >= 4 is 11.6 Å². The first-order valence-electron chi connectivity index (χ1n) is 7.61. The van der Waals surface area contributed by atoms with Crippen LogP contribution in [0.4, 0.5) is 0 Å². The molecule has 0 radical (unpaired) electrons. The third-order valence-electron chi connectivity index (χ3n) is 3.88. The Balaban J connectivity index is 1.97. The Morgan fingerprint density at radius 2 is 2.10 bits per heavy atom. The van der Waals surface area contributed by atoms with Crippen molar-refractivity contribution in [2.45, 2.75) is 26.2 Å². The number of benzene rings is 1. The average Bonchev–Trinajstić information content (AvgIpc) is 2.89. The van der Waals surface area contributed by atoms with Crippen LogP contribution < -0.4 is 5.32 Å². The van der Waals surface area contributed by atoms with E-state index in [2.05, 4.69) is 35.5 Å². The molecule has 114 valence electrons. The quantitative estimate of drug-likeness (QED) is 0.809. The third kappa shape index (κ3) is 4.87. The molecule has 1 N–H and O–H groups in total. The van der Waals surface area contributed by atoms with Gasteiger partial charge in [0, 0.05) is 24.0 Å². The van der Waals surface area contributed by atoms with Crippen LogP contribution in [0.15, 0.2) is 36.5 Å². The van der Waals surface area contributed by atoms with Crippen LogP contribution in [0.5, 0.6) is 0 Å². The molecule has 0 aliphatic carbocycles. The van der Waals surface area contributed by atoms with E-state index in [4.69, 9.17) is 11.6 Å². The monoisotopic (exact) mass is 305 g/mol. The number of aromatic nitrogens is 2. The Morgan fingerprint density at radius 3 is 2.76 bits per heavy atom. The molecular weight excluding hydrogens is 282 g/mol. The number of hydrogen-bond acceptors (Lipinski definition) is 2. The second kappa shape index (κ2) is 8.20. The first-order chi connectivity index (χ1) is 10.2. The highest BCUT2D eigenvalue weighted by Crippen LogP contribution is 2.21. The molecule has 0 fully saturated rings. The van der Waals surface area contributed by atoms with Gasteiger partial charge in [0.15, 0.2) is 0 Å². The van der Waals surface area contributed by atoms with Crippen LogP contribution in [0, 0.1) is 5.92 Å². The van der Waals surface area contributed by atoms with E-state index in [1.165, 1.54) is 11.3 Å². The zero-order chi connectivity index (χ0) is 15.1. The van der Waals surface area contributed by atoms with Crippen molar-refractivity contribution in [2.24, 2.45) is 13.0 Å². The number of nitrogens with zero attached hydrogens (tertiary/aromatic N) is 2. The van der Waals surface area contributed by atoms with Gasteiger partial charge in [-0.2, -0.15) is 5.10 Å². The molecule has 3 nitrogen and oxygen atoms in total. The van der Waals surface area contributed by atoms with Crippen molar-refractivity contribution in [1.29, 1.82) is 0 Å². The molecule has 1 unspecified atom stereocenters. The fourth-order valence-corrected chi connectivity index (χ4v) is 2.81. The van der Waals surface area contributed by atoms with Gasteiger partial charge in [0.25, 0.3) is 0 Å². The van der Waals surface area contributed by atoms with Gasteiger partial charge in [0.1, 0.15) is 0 Å². The van der Waals surface area contributed by atoms with Gasteiger partial charge in [-0.25, -0.2) is 0 Å². The van der Waals surface area contributed by atoms with E-state index in [1.54, 1.807) is 0 Å². The van der Waals surface area contributed by atoms with Crippen molar-refractivity contribution in [2.75, 3.05) is 13.1 Å². The van der Waals surface area contributed by atoms with E-state index in [-0.39, 0.29) is 0 Å². The maximum Gasteiger partial charge on any atom is 0.0492 e. The topological polar surface area (TPSA) is 29.9 Å². The van der Waals surface area contributed by atoms with Crippen LogP contribution in [0.25, 0.3) is 0 Å². The van der Waals surface area contributed by atoms with E-state index in [0.29, 0.717) is 5.92 Å². The Morgan fingerprint density at radius 1 is 1.29 bits per heavy atom. The summed E-state index contributed by atoms with van der Waals surface area (Å²) in [5, 5.41) is 8.58. The number of hydrogen-bond donors (Lipinski definition) is 1. The lowest BCUT2D eigenvalue weighted by Gasteiger charge is -2.18. The lowest BCUT2D eigenvalue weighted by Crippen LogP contribution is -2.25. The fourth-order valence-electron chi connectivity index (χ4n) is 2.60. The smallest absolute Gasteiger partial charge is 0.0492 e. The zero-order valence-corrected chi connectivity index (χ0v) is 13.6. The third-order valence-corrected chi connectivity index (χ3v) is 4.25. The number of rotatable bonds is 8. The van der Waals surface area contributed by atoms with E-state index in [0.717, 1.165) is 37.4 Å². The van der Waals surface area contributed by atoms with Crippen molar-refractivity contribution in [1.82, 2.24) is 15.1 Å². The van der Waals surface area contributed by atoms with Gasteiger partial charge in [-0.15, -0.1) is 0 Å². The number of aryl methyl sites for hydroxylation is 2. The Kier molecular flexibility index (Phi) is 6.27. The van der Waals surface area contributed by atoms with Crippen LogP contribution in [0.3, 0.4) is 0 Å². The van der Waals surface area contributed by atoms with Gasteiger partial charge >= 0.3 is 0 Å². The molecular formula is C17H24ClN3. The molecule has 0 aliphatic rings. The molecule has 0 bridgehead atoms. The lowest BCUT2D eigenvalue weighted by molar-refractivity contribution is 0.443. The van der Waals surface area contributed by atoms with E-state index < -0.39 is 0 Å². The molecule has 0 saturated heterocycles. The molecule has 1 aromatic heterocycles. The van der Waals surface area contributed by atoms with Gasteiger partial charge in [0.05, 0.1) is 0 Å². The first kappa shape index (κ1) is 16.1. The van der Waals surface area contributed by atoms with E-state index in [9.17, 15) is 0 Å².